The van der Waals surface area contributed by atoms with Gasteiger partial charge >= 0.3 is 0 Å². The summed E-state index contributed by atoms with van der Waals surface area (Å²) >= 11 is 0. The summed E-state index contributed by atoms with van der Waals surface area (Å²) in [6.45, 7) is 10.9. The van der Waals surface area contributed by atoms with Gasteiger partial charge in [-0.15, -0.1) is 0 Å². The summed E-state index contributed by atoms with van der Waals surface area (Å²) in [4.78, 5) is 0. The van der Waals surface area contributed by atoms with Crippen molar-refractivity contribution in [2.75, 3.05) is 0 Å². The van der Waals surface area contributed by atoms with E-state index in [4.69, 9.17) is 9.47 Å². The van der Waals surface area contributed by atoms with Crippen LogP contribution < -0.4 is 9.47 Å². The van der Waals surface area contributed by atoms with Crippen molar-refractivity contribution in [1.29, 1.82) is 0 Å². The van der Waals surface area contributed by atoms with Gasteiger partial charge < -0.3 is 14.6 Å². The zero-order chi connectivity index (χ0) is 18.9. The lowest BCUT2D eigenvalue weighted by atomic mass is 9.74. The number of hydrogen-bond acceptors (Lipinski definition) is 3. The van der Waals surface area contributed by atoms with E-state index in [0.717, 1.165) is 30.6 Å². The number of hydrogen-bond donors (Lipinski definition) is 1. The Morgan fingerprint density at radius 3 is 2.81 bits per heavy atom. The third-order valence-corrected chi connectivity index (χ3v) is 5.80. The SMILES string of the molecule is CCCCCC(C)Oc1cc(O)c2c(c1)OC(C)(C)C1=C2CC(C)CC1. The van der Waals surface area contributed by atoms with E-state index in [0.29, 0.717) is 11.7 Å². The van der Waals surface area contributed by atoms with E-state index in [1.807, 2.05) is 6.07 Å². The molecule has 0 saturated carbocycles. The van der Waals surface area contributed by atoms with Gasteiger partial charge in [-0.25, -0.2) is 0 Å². The predicted molar refractivity (Wildman–Crippen MR) is 107 cm³/mol. The molecule has 0 aromatic heterocycles. The highest BCUT2D eigenvalue weighted by Gasteiger charge is 2.38. The first-order valence-electron chi connectivity index (χ1n) is 10.3. The molecule has 1 aliphatic carbocycles. The van der Waals surface area contributed by atoms with E-state index in [1.54, 1.807) is 6.07 Å². The number of benzene rings is 1. The first-order valence-corrected chi connectivity index (χ1v) is 10.3. The van der Waals surface area contributed by atoms with Gasteiger partial charge in [0.15, 0.2) is 0 Å². The maximum absolute atomic E-state index is 10.8. The van der Waals surface area contributed by atoms with Crippen molar-refractivity contribution in [2.45, 2.75) is 91.3 Å². The van der Waals surface area contributed by atoms with Crippen molar-refractivity contribution in [2.24, 2.45) is 5.92 Å². The van der Waals surface area contributed by atoms with Crippen LogP contribution in [-0.2, 0) is 0 Å². The van der Waals surface area contributed by atoms with Crippen LogP contribution in [0.3, 0.4) is 0 Å². The predicted octanol–water partition coefficient (Wildman–Crippen LogP) is 6.48. The molecule has 2 unspecified atom stereocenters. The lowest BCUT2D eigenvalue weighted by molar-refractivity contribution is 0.133. The van der Waals surface area contributed by atoms with Gasteiger partial charge in [-0.3, -0.25) is 0 Å². The van der Waals surface area contributed by atoms with Gasteiger partial charge in [-0.1, -0.05) is 26.7 Å². The third-order valence-electron chi connectivity index (χ3n) is 5.80. The van der Waals surface area contributed by atoms with E-state index in [2.05, 4.69) is 34.6 Å². The van der Waals surface area contributed by atoms with Gasteiger partial charge in [-0.05, 0) is 69.9 Å². The Bertz CT molecular complexity index is 687. The number of aromatic hydroxyl groups is 1. The summed E-state index contributed by atoms with van der Waals surface area (Å²) in [6.07, 6.45) is 8.04. The second-order valence-corrected chi connectivity index (χ2v) is 8.66. The molecular weight excluding hydrogens is 324 g/mol. The molecule has 0 spiro atoms. The molecule has 1 aliphatic heterocycles. The zero-order valence-corrected chi connectivity index (χ0v) is 17.0. The van der Waals surface area contributed by atoms with E-state index in [-0.39, 0.29) is 17.5 Å². The monoisotopic (exact) mass is 358 g/mol. The van der Waals surface area contributed by atoms with Crippen LogP contribution in [0.5, 0.6) is 17.2 Å². The van der Waals surface area contributed by atoms with Crippen LogP contribution in [0.15, 0.2) is 17.7 Å². The molecule has 1 heterocycles. The number of unbranched alkanes of at least 4 members (excludes halogenated alkanes) is 2. The van der Waals surface area contributed by atoms with E-state index in [9.17, 15) is 5.11 Å². The van der Waals surface area contributed by atoms with Crippen LogP contribution in [-0.4, -0.2) is 16.8 Å². The normalized spacial score (nSPS) is 22.3. The summed E-state index contributed by atoms with van der Waals surface area (Å²) in [6, 6.07) is 3.73. The Morgan fingerprint density at radius 2 is 2.08 bits per heavy atom. The van der Waals surface area contributed by atoms with Crippen molar-refractivity contribution in [1.82, 2.24) is 0 Å². The van der Waals surface area contributed by atoms with Gasteiger partial charge in [0, 0.05) is 12.1 Å². The summed E-state index contributed by atoms with van der Waals surface area (Å²) in [5.41, 5.74) is 3.20. The molecule has 0 bridgehead atoms. The smallest absolute Gasteiger partial charge is 0.135 e. The second-order valence-electron chi connectivity index (χ2n) is 8.66. The first kappa shape index (κ1) is 19.1. The molecule has 0 saturated heterocycles. The number of phenolic OH excluding ortho intramolecular Hbond substituents is 1. The first-order chi connectivity index (χ1) is 12.3. The van der Waals surface area contributed by atoms with Crippen LogP contribution in [0, 0.1) is 5.92 Å². The molecular formula is C23H34O3. The molecule has 3 heteroatoms. The van der Waals surface area contributed by atoms with E-state index in [1.165, 1.54) is 36.8 Å². The Kier molecular flexibility index (Phi) is 5.55. The highest BCUT2D eigenvalue weighted by Crippen LogP contribution is 2.52. The molecule has 3 rings (SSSR count). The molecule has 2 aliphatic rings. The topological polar surface area (TPSA) is 38.7 Å². The molecule has 1 N–H and O–H groups in total. The van der Waals surface area contributed by atoms with Gasteiger partial charge in [0.25, 0.3) is 0 Å². The Hall–Kier alpha value is -1.64. The Morgan fingerprint density at radius 1 is 1.31 bits per heavy atom. The third kappa shape index (κ3) is 3.87. The fraction of sp³-hybridized carbons (Fsp3) is 0.652. The van der Waals surface area contributed by atoms with E-state index >= 15 is 0 Å². The number of phenols is 1. The number of rotatable bonds is 6. The Balaban J connectivity index is 1.88. The second kappa shape index (κ2) is 7.54. The highest BCUT2D eigenvalue weighted by molar-refractivity contribution is 5.81. The Labute approximate surface area is 158 Å². The minimum absolute atomic E-state index is 0.139. The minimum atomic E-state index is -0.319. The maximum Gasteiger partial charge on any atom is 0.135 e. The van der Waals surface area contributed by atoms with Crippen LogP contribution >= 0.6 is 0 Å². The molecule has 3 nitrogen and oxygen atoms in total. The van der Waals surface area contributed by atoms with Crippen LogP contribution in [0.2, 0.25) is 0 Å². The standard InChI is InChI=1S/C23H34O3/c1-6-7-8-9-16(3)25-17-13-20(24)22-18-12-15(2)10-11-19(18)23(4,5)26-21(22)14-17/h13-16,24H,6-12H2,1-5H3. The molecule has 2 atom stereocenters. The van der Waals surface area contributed by atoms with Crippen molar-refractivity contribution in [3.05, 3.63) is 23.3 Å². The summed E-state index contributed by atoms with van der Waals surface area (Å²) in [5, 5.41) is 10.8. The maximum atomic E-state index is 10.8. The highest BCUT2D eigenvalue weighted by atomic mass is 16.5. The molecule has 0 fully saturated rings. The number of ether oxygens (including phenoxy) is 2. The van der Waals surface area contributed by atoms with Gasteiger partial charge in [0.1, 0.15) is 22.8 Å². The molecule has 144 valence electrons. The summed E-state index contributed by atoms with van der Waals surface area (Å²) in [5.74, 6) is 2.40. The van der Waals surface area contributed by atoms with Crippen LogP contribution in [0.4, 0.5) is 0 Å². The minimum Gasteiger partial charge on any atom is -0.507 e. The van der Waals surface area contributed by atoms with Crippen molar-refractivity contribution < 1.29 is 14.6 Å². The van der Waals surface area contributed by atoms with E-state index < -0.39 is 0 Å². The van der Waals surface area contributed by atoms with Gasteiger partial charge in [-0.2, -0.15) is 0 Å². The number of allylic oxidation sites excluding steroid dienone is 1. The summed E-state index contributed by atoms with van der Waals surface area (Å²) < 4.78 is 12.4. The van der Waals surface area contributed by atoms with Crippen molar-refractivity contribution >= 4 is 5.57 Å². The molecule has 1 aromatic rings. The fourth-order valence-electron chi connectivity index (χ4n) is 4.37. The largest absolute Gasteiger partial charge is 0.507 e. The molecule has 0 radical (unpaired) electrons. The summed E-state index contributed by atoms with van der Waals surface area (Å²) in [7, 11) is 0. The molecule has 1 aromatic carbocycles. The quantitative estimate of drug-likeness (QED) is 0.591. The average molecular weight is 359 g/mol. The lowest BCUT2D eigenvalue weighted by Crippen LogP contribution is -2.36. The van der Waals surface area contributed by atoms with Gasteiger partial charge in [0.05, 0.1) is 11.7 Å². The molecule has 0 amide bonds. The van der Waals surface area contributed by atoms with Crippen LogP contribution in [0.25, 0.3) is 5.57 Å². The molecule has 26 heavy (non-hydrogen) atoms. The fourth-order valence-corrected chi connectivity index (χ4v) is 4.37. The lowest BCUT2D eigenvalue weighted by Gasteiger charge is -2.41. The van der Waals surface area contributed by atoms with Crippen molar-refractivity contribution in [3.63, 3.8) is 0 Å². The van der Waals surface area contributed by atoms with Gasteiger partial charge in [0.2, 0.25) is 0 Å². The zero-order valence-electron chi connectivity index (χ0n) is 17.0. The number of fused-ring (bicyclic) bond motifs is 2. The van der Waals surface area contributed by atoms with Crippen LogP contribution in [0.1, 0.15) is 85.1 Å². The average Bonchev–Trinajstić information content (AvgIpc) is 2.53. The van der Waals surface area contributed by atoms with Crippen molar-refractivity contribution in [3.8, 4) is 17.2 Å².